The molecule has 1 aliphatic heterocycles. The molecular weight excluding hydrogens is 324 g/mol. The lowest BCUT2D eigenvalue weighted by Crippen LogP contribution is -2.44. The van der Waals surface area contributed by atoms with Crippen LogP contribution in [-0.2, 0) is 11.3 Å². The minimum absolute atomic E-state index is 0.0149. The van der Waals surface area contributed by atoms with Gasteiger partial charge in [0.05, 0.1) is 13.2 Å². The van der Waals surface area contributed by atoms with Gasteiger partial charge in [0.25, 0.3) is 0 Å². The molecule has 0 bridgehead atoms. The highest BCUT2D eigenvalue weighted by Gasteiger charge is 2.37. The zero-order valence-corrected chi connectivity index (χ0v) is 15.0. The largest absolute Gasteiger partial charge is 0.395 e. The summed E-state index contributed by atoms with van der Waals surface area (Å²) in [6.45, 7) is 2.61. The van der Waals surface area contributed by atoms with Crippen molar-refractivity contribution in [2.75, 3.05) is 26.2 Å². The average molecular weight is 353 g/mol. The number of likely N-dealkylation sites (tertiary alicyclic amines) is 1. The van der Waals surface area contributed by atoms with Gasteiger partial charge >= 0.3 is 0 Å². The molecule has 0 unspecified atom stereocenters. The Hall–Kier alpha value is -1.02. The van der Waals surface area contributed by atoms with Crippen LogP contribution in [0.3, 0.4) is 0 Å². The minimum Gasteiger partial charge on any atom is -0.395 e. The number of carbonyl (C=O) groups excluding carboxylic acids is 1. The molecule has 1 aromatic rings. The molecule has 0 spiro atoms. The number of amides is 1. The fraction of sp³-hybridized carbons (Fsp3) is 0.765. The summed E-state index contributed by atoms with van der Waals surface area (Å²) in [5.41, 5.74) is 5.93. The first-order chi connectivity index (χ1) is 11.7. The van der Waals surface area contributed by atoms with Crippen molar-refractivity contribution in [1.29, 1.82) is 0 Å². The second kappa shape index (κ2) is 8.38. The Balaban J connectivity index is 1.59. The van der Waals surface area contributed by atoms with Gasteiger partial charge in [-0.05, 0) is 31.6 Å². The van der Waals surface area contributed by atoms with Gasteiger partial charge in [-0.15, -0.1) is 11.3 Å². The molecule has 3 rings (SSSR count). The van der Waals surface area contributed by atoms with Crippen molar-refractivity contribution < 1.29 is 9.90 Å². The number of hydrogen-bond donors (Lipinski definition) is 2. The number of aliphatic hydroxyl groups is 1. The van der Waals surface area contributed by atoms with Gasteiger partial charge in [-0.3, -0.25) is 9.69 Å². The molecule has 1 aromatic heterocycles. The summed E-state index contributed by atoms with van der Waals surface area (Å²) < 4.78 is 0. The maximum Gasteiger partial charge on any atom is 0.224 e. The number of nitrogens with zero attached hydrogens (tertiary/aromatic N) is 3. The molecule has 2 heterocycles. The van der Waals surface area contributed by atoms with Crippen LogP contribution in [-0.4, -0.2) is 64.1 Å². The van der Waals surface area contributed by atoms with Crippen LogP contribution in [0.5, 0.6) is 0 Å². The first-order valence-electron chi connectivity index (χ1n) is 8.94. The van der Waals surface area contributed by atoms with Crippen LogP contribution < -0.4 is 5.73 Å². The van der Waals surface area contributed by atoms with Crippen LogP contribution in [0.15, 0.2) is 11.6 Å². The van der Waals surface area contributed by atoms with Crippen LogP contribution in [0.1, 0.15) is 37.1 Å². The Bertz CT molecular complexity index is 521. The summed E-state index contributed by atoms with van der Waals surface area (Å²) in [4.78, 5) is 21.3. The quantitative estimate of drug-likeness (QED) is 0.694. The predicted molar refractivity (Wildman–Crippen MR) is 94.5 cm³/mol. The Labute approximate surface area is 147 Å². The molecule has 24 heavy (non-hydrogen) atoms. The Morgan fingerprint density at radius 2 is 2.17 bits per heavy atom. The van der Waals surface area contributed by atoms with Gasteiger partial charge in [0, 0.05) is 49.7 Å². The molecule has 2 fully saturated rings. The first-order valence-corrected chi connectivity index (χ1v) is 9.82. The minimum atomic E-state index is -0.0149. The van der Waals surface area contributed by atoms with E-state index in [2.05, 4.69) is 9.88 Å². The van der Waals surface area contributed by atoms with Gasteiger partial charge in [0.2, 0.25) is 5.91 Å². The van der Waals surface area contributed by atoms with Crippen molar-refractivity contribution in [1.82, 2.24) is 14.8 Å². The van der Waals surface area contributed by atoms with Gasteiger partial charge in [0.15, 0.2) is 0 Å². The fourth-order valence-corrected chi connectivity index (χ4v) is 4.25. The lowest BCUT2D eigenvalue weighted by molar-refractivity contribution is -0.133. The van der Waals surface area contributed by atoms with E-state index < -0.39 is 0 Å². The van der Waals surface area contributed by atoms with E-state index in [0.29, 0.717) is 38.1 Å². The van der Waals surface area contributed by atoms with Gasteiger partial charge in [-0.1, -0.05) is 0 Å². The van der Waals surface area contributed by atoms with Crippen LogP contribution >= 0.6 is 11.3 Å². The van der Waals surface area contributed by atoms with Crippen molar-refractivity contribution in [2.24, 2.45) is 11.7 Å². The second-order valence-corrected chi connectivity index (χ2v) is 7.91. The SMILES string of the molecule is NC[C@H]1CC[C@@H](CC(=O)N(CCO)Cc2nccs2)N1CC1CC1. The number of nitrogens with two attached hydrogens (primary N) is 1. The smallest absolute Gasteiger partial charge is 0.224 e. The zero-order chi connectivity index (χ0) is 16.9. The third-order valence-electron chi connectivity index (χ3n) is 5.15. The number of hydrogen-bond acceptors (Lipinski definition) is 6. The van der Waals surface area contributed by atoms with E-state index in [-0.39, 0.29) is 12.5 Å². The van der Waals surface area contributed by atoms with E-state index in [0.717, 1.165) is 30.3 Å². The topological polar surface area (TPSA) is 82.7 Å². The third kappa shape index (κ3) is 4.53. The standard InChI is InChI=1S/C17H28N4O2S/c18-10-15-4-3-14(21(15)11-13-1-2-13)9-17(23)20(6-7-22)12-16-19-5-8-24-16/h5,8,13-15,22H,1-4,6-7,9-12,18H2/t14-,15+/m0/s1. The molecule has 6 nitrogen and oxygen atoms in total. The molecule has 7 heteroatoms. The highest BCUT2D eigenvalue weighted by molar-refractivity contribution is 7.09. The molecule has 134 valence electrons. The van der Waals surface area contributed by atoms with Gasteiger partial charge in [-0.2, -0.15) is 0 Å². The summed E-state index contributed by atoms with van der Waals surface area (Å²) in [5.74, 6) is 0.918. The molecule has 0 aromatic carbocycles. The van der Waals surface area contributed by atoms with E-state index >= 15 is 0 Å². The highest BCUT2D eigenvalue weighted by atomic mass is 32.1. The van der Waals surface area contributed by atoms with Gasteiger partial charge in [-0.25, -0.2) is 4.98 Å². The molecule has 1 amide bonds. The number of thiazole rings is 1. The van der Waals surface area contributed by atoms with Crippen LogP contribution in [0.25, 0.3) is 0 Å². The second-order valence-electron chi connectivity index (χ2n) is 6.93. The van der Waals surface area contributed by atoms with Gasteiger partial charge in [0.1, 0.15) is 5.01 Å². The Kier molecular flexibility index (Phi) is 6.21. The summed E-state index contributed by atoms with van der Waals surface area (Å²) in [7, 11) is 0. The zero-order valence-electron chi connectivity index (χ0n) is 14.1. The van der Waals surface area contributed by atoms with Crippen molar-refractivity contribution in [3.05, 3.63) is 16.6 Å². The molecule has 2 aliphatic rings. The lowest BCUT2D eigenvalue weighted by Gasteiger charge is -2.31. The van der Waals surface area contributed by atoms with Crippen molar-refractivity contribution in [2.45, 2.75) is 50.7 Å². The third-order valence-corrected chi connectivity index (χ3v) is 5.92. The Morgan fingerprint density at radius 3 is 2.79 bits per heavy atom. The van der Waals surface area contributed by atoms with Crippen LogP contribution in [0.2, 0.25) is 0 Å². The molecule has 1 saturated heterocycles. The summed E-state index contributed by atoms with van der Waals surface area (Å²) in [5, 5.41) is 12.1. The molecular formula is C17H28N4O2S. The molecule has 1 saturated carbocycles. The van der Waals surface area contributed by atoms with Crippen molar-refractivity contribution in [3.63, 3.8) is 0 Å². The average Bonchev–Trinajstić information content (AvgIpc) is 3.09. The van der Waals surface area contributed by atoms with Crippen LogP contribution in [0, 0.1) is 5.92 Å². The van der Waals surface area contributed by atoms with E-state index in [4.69, 9.17) is 5.73 Å². The Morgan fingerprint density at radius 1 is 1.38 bits per heavy atom. The molecule has 2 atom stereocenters. The van der Waals surface area contributed by atoms with Crippen LogP contribution in [0.4, 0.5) is 0 Å². The summed E-state index contributed by atoms with van der Waals surface area (Å²) >= 11 is 1.54. The normalized spacial score (nSPS) is 24.4. The number of aliphatic hydroxyl groups excluding tert-OH is 1. The monoisotopic (exact) mass is 352 g/mol. The van der Waals surface area contributed by atoms with E-state index in [1.165, 1.54) is 12.8 Å². The van der Waals surface area contributed by atoms with Gasteiger partial charge < -0.3 is 15.7 Å². The fourth-order valence-electron chi connectivity index (χ4n) is 3.62. The first kappa shape index (κ1) is 17.8. The maximum atomic E-state index is 12.8. The summed E-state index contributed by atoms with van der Waals surface area (Å²) in [6, 6.07) is 0.720. The summed E-state index contributed by atoms with van der Waals surface area (Å²) in [6.07, 6.45) is 7.04. The molecule has 0 radical (unpaired) electrons. The van der Waals surface area contributed by atoms with E-state index in [9.17, 15) is 9.90 Å². The van der Waals surface area contributed by atoms with E-state index in [1.54, 1.807) is 22.4 Å². The number of aromatic nitrogens is 1. The highest BCUT2D eigenvalue weighted by Crippen LogP contribution is 2.35. The van der Waals surface area contributed by atoms with E-state index in [1.807, 2.05) is 5.38 Å². The lowest BCUT2D eigenvalue weighted by atomic mass is 10.1. The number of rotatable bonds is 9. The molecule has 1 aliphatic carbocycles. The predicted octanol–water partition coefficient (Wildman–Crippen LogP) is 1.06. The van der Waals surface area contributed by atoms with Crippen molar-refractivity contribution >= 4 is 17.2 Å². The maximum absolute atomic E-state index is 12.8. The molecule has 3 N–H and O–H groups in total. The van der Waals surface area contributed by atoms with Crippen molar-refractivity contribution in [3.8, 4) is 0 Å². The number of carbonyl (C=O) groups is 1.